The molecule has 0 saturated heterocycles. The molecule has 0 fully saturated rings. The molecule has 0 atom stereocenters. The van der Waals surface area contributed by atoms with Crippen molar-refractivity contribution in [3.63, 3.8) is 0 Å². The van der Waals surface area contributed by atoms with Crippen molar-refractivity contribution < 1.29 is 14.3 Å². The Balaban J connectivity index is 2.43. The number of oxime groups is 1. The first-order valence-electron chi connectivity index (χ1n) is 5.42. The molecule has 104 valence electrons. The molecule has 0 unspecified atom stereocenters. The van der Waals surface area contributed by atoms with E-state index in [-0.39, 0.29) is 5.84 Å². The number of ether oxygens (including phenoxy) is 1. The van der Waals surface area contributed by atoms with E-state index in [1.165, 1.54) is 12.1 Å². The van der Waals surface area contributed by atoms with Gasteiger partial charge in [-0.25, -0.2) is 4.39 Å². The fourth-order valence-electron chi connectivity index (χ4n) is 1.56. The van der Waals surface area contributed by atoms with Crippen molar-refractivity contribution in [2.24, 2.45) is 10.9 Å². The molecular formula is C13H9Br2FN2O2. The SMILES string of the molecule is N/C(=N/O)c1c(Br)cccc1Oc1ccc(Br)c(F)c1. The minimum Gasteiger partial charge on any atom is -0.456 e. The normalized spacial score (nSPS) is 11.4. The van der Waals surface area contributed by atoms with Gasteiger partial charge in [0.05, 0.1) is 10.0 Å². The molecule has 0 spiro atoms. The molecule has 0 heterocycles. The lowest BCUT2D eigenvalue weighted by molar-refractivity contribution is 0.318. The lowest BCUT2D eigenvalue weighted by atomic mass is 10.2. The number of hydrogen-bond acceptors (Lipinski definition) is 3. The number of rotatable bonds is 3. The van der Waals surface area contributed by atoms with Crippen LogP contribution >= 0.6 is 31.9 Å². The van der Waals surface area contributed by atoms with Crippen molar-refractivity contribution in [1.82, 2.24) is 0 Å². The third-order valence-corrected chi connectivity index (χ3v) is 3.76. The van der Waals surface area contributed by atoms with Gasteiger partial charge in [-0.3, -0.25) is 0 Å². The topological polar surface area (TPSA) is 67.8 Å². The summed E-state index contributed by atoms with van der Waals surface area (Å²) in [5.41, 5.74) is 6.00. The lowest BCUT2D eigenvalue weighted by Crippen LogP contribution is -2.15. The Hall–Kier alpha value is -1.60. The molecule has 4 nitrogen and oxygen atoms in total. The van der Waals surface area contributed by atoms with E-state index < -0.39 is 5.82 Å². The van der Waals surface area contributed by atoms with Gasteiger partial charge in [0.25, 0.3) is 0 Å². The van der Waals surface area contributed by atoms with Crippen molar-refractivity contribution in [3.05, 3.63) is 56.7 Å². The molecule has 2 rings (SSSR count). The van der Waals surface area contributed by atoms with Gasteiger partial charge in [-0.2, -0.15) is 0 Å². The Kier molecular flexibility index (Phi) is 4.61. The van der Waals surface area contributed by atoms with Gasteiger partial charge in [-0.05, 0) is 56.1 Å². The van der Waals surface area contributed by atoms with Crippen LogP contribution in [-0.2, 0) is 0 Å². The van der Waals surface area contributed by atoms with E-state index in [4.69, 9.17) is 15.7 Å². The fourth-order valence-corrected chi connectivity index (χ4v) is 2.35. The van der Waals surface area contributed by atoms with E-state index in [1.807, 2.05) is 0 Å². The summed E-state index contributed by atoms with van der Waals surface area (Å²) in [6.45, 7) is 0. The molecular weight excluding hydrogens is 395 g/mol. The molecule has 0 bridgehead atoms. The molecule has 2 aromatic rings. The van der Waals surface area contributed by atoms with Crippen molar-refractivity contribution in [2.45, 2.75) is 0 Å². The zero-order valence-electron chi connectivity index (χ0n) is 9.98. The summed E-state index contributed by atoms with van der Waals surface area (Å²) in [4.78, 5) is 0. The molecule has 2 aromatic carbocycles. The number of nitrogens with zero attached hydrogens (tertiary/aromatic N) is 1. The van der Waals surface area contributed by atoms with Crippen LogP contribution < -0.4 is 10.5 Å². The van der Waals surface area contributed by atoms with Crippen LogP contribution in [0.25, 0.3) is 0 Å². The summed E-state index contributed by atoms with van der Waals surface area (Å²) in [5.74, 6) is 0.0973. The standard InChI is InChI=1S/C13H9Br2FN2O2/c14-8-5-4-7(6-10(8)16)20-11-3-1-2-9(15)12(11)13(17)18-19/h1-6,19H,(H2,17,18). The van der Waals surface area contributed by atoms with Gasteiger partial charge in [0.2, 0.25) is 0 Å². The monoisotopic (exact) mass is 402 g/mol. The van der Waals surface area contributed by atoms with Gasteiger partial charge in [0.15, 0.2) is 5.84 Å². The highest BCUT2D eigenvalue weighted by Crippen LogP contribution is 2.31. The summed E-state index contributed by atoms with van der Waals surface area (Å²) in [6, 6.07) is 9.46. The van der Waals surface area contributed by atoms with E-state index >= 15 is 0 Å². The summed E-state index contributed by atoms with van der Waals surface area (Å²) in [5, 5.41) is 11.8. The zero-order chi connectivity index (χ0) is 14.7. The van der Waals surface area contributed by atoms with E-state index in [9.17, 15) is 4.39 Å². The zero-order valence-corrected chi connectivity index (χ0v) is 13.2. The molecule has 0 aromatic heterocycles. The number of amidine groups is 1. The van der Waals surface area contributed by atoms with Crippen LogP contribution in [0.2, 0.25) is 0 Å². The Morgan fingerprint density at radius 2 is 1.95 bits per heavy atom. The third kappa shape index (κ3) is 3.10. The highest BCUT2D eigenvalue weighted by atomic mass is 79.9. The van der Waals surface area contributed by atoms with Crippen LogP contribution in [0.5, 0.6) is 11.5 Å². The molecule has 3 N–H and O–H groups in total. The maximum atomic E-state index is 13.5. The largest absolute Gasteiger partial charge is 0.456 e. The number of nitrogens with two attached hydrogens (primary N) is 1. The number of benzene rings is 2. The van der Waals surface area contributed by atoms with Crippen molar-refractivity contribution in [1.29, 1.82) is 0 Å². The molecule has 0 aliphatic carbocycles. The number of halogens is 3. The van der Waals surface area contributed by atoms with Crippen LogP contribution in [0.4, 0.5) is 4.39 Å². The van der Waals surface area contributed by atoms with E-state index in [0.29, 0.717) is 26.0 Å². The molecule has 0 saturated carbocycles. The van der Waals surface area contributed by atoms with Gasteiger partial charge >= 0.3 is 0 Å². The summed E-state index contributed by atoms with van der Waals surface area (Å²) in [7, 11) is 0. The van der Waals surface area contributed by atoms with Gasteiger partial charge in [0.1, 0.15) is 17.3 Å². The summed E-state index contributed by atoms with van der Waals surface area (Å²) < 4.78 is 20.0. The second-order valence-corrected chi connectivity index (χ2v) is 5.48. The molecule has 0 radical (unpaired) electrons. The molecule has 7 heteroatoms. The number of hydrogen-bond donors (Lipinski definition) is 2. The van der Waals surface area contributed by atoms with Gasteiger partial charge in [0, 0.05) is 10.5 Å². The highest BCUT2D eigenvalue weighted by Gasteiger charge is 2.14. The predicted octanol–water partition coefficient (Wildman–Crippen LogP) is 4.24. The molecule has 0 aliphatic heterocycles. The minimum atomic E-state index is -0.442. The lowest BCUT2D eigenvalue weighted by Gasteiger charge is -2.12. The maximum absolute atomic E-state index is 13.5. The van der Waals surface area contributed by atoms with Crippen LogP contribution in [0.15, 0.2) is 50.5 Å². The van der Waals surface area contributed by atoms with Crippen LogP contribution in [-0.4, -0.2) is 11.0 Å². The van der Waals surface area contributed by atoms with Crippen LogP contribution in [0.1, 0.15) is 5.56 Å². The Morgan fingerprint density at radius 3 is 2.60 bits per heavy atom. The van der Waals surface area contributed by atoms with Crippen molar-refractivity contribution in [2.75, 3.05) is 0 Å². The average Bonchev–Trinajstić information content (AvgIpc) is 2.42. The van der Waals surface area contributed by atoms with Crippen molar-refractivity contribution in [3.8, 4) is 11.5 Å². The second kappa shape index (κ2) is 6.23. The Morgan fingerprint density at radius 1 is 1.20 bits per heavy atom. The third-order valence-electron chi connectivity index (χ3n) is 2.46. The van der Waals surface area contributed by atoms with E-state index in [0.717, 1.165) is 0 Å². The first kappa shape index (κ1) is 14.8. The second-order valence-electron chi connectivity index (χ2n) is 3.78. The van der Waals surface area contributed by atoms with E-state index in [1.54, 1.807) is 24.3 Å². The maximum Gasteiger partial charge on any atom is 0.175 e. The molecule has 0 amide bonds. The highest BCUT2D eigenvalue weighted by molar-refractivity contribution is 9.10. The first-order chi connectivity index (χ1) is 9.52. The Bertz CT molecular complexity index is 677. The predicted molar refractivity (Wildman–Crippen MR) is 80.8 cm³/mol. The first-order valence-corrected chi connectivity index (χ1v) is 7.01. The molecule has 20 heavy (non-hydrogen) atoms. The fraction of sp³-hybridized carbons (Fsp3) is 0. The van der Waals surface area contributed by atoms with Gasteiger partial charge < -0.3 is 15.7 Å². The van der Waals surface area contributed by atoms with Crippen LogP contribution in [0, 0.1) is 5.82 Å². The van der Waals surface area contributed by atoms with Gasteiger partial charge in [-0.15, -0.1) is 0 Å². The quantitative estimate of drug-likeness (QED) is 0.348. The molecule has 0 aliphatic rings. The van der Waals surface area contributed by atoms with Crippen molar-refractivity contribution >= 4 is 37.7 Å². The average molecular weight is 404 g/mol. The van der Waals surface area contributed by atoms with Gasteiger partial charge in [-0.1, -0.05) is 11.2 Å². The summed E-state index contributed by atoms with van der Waals surface area (Å²) in [6.07, 6.45) is 0. The van der Waals surface area contributed by atoms with Crippen LogP contribution in [0.3, 0.4) is 0 Å². The minimum absolute atomic E-state index is 0.106. The smallest absolute Gasteiger partial charge is 0.175 e. The Labute approximate surface area is 131 Å². The summed E-state index contributed by atoms with van der Waals surface area (Å²) >= 11 is 6.36. The van der Waals surface area contributed by atoms with E-state index in [2.05, 4.69) is 37.0 Å².